The van der Waals surface area contributed by atoms with E-state index in [-0.39, 0.29) is 17.9 Å². The standard InChI is InChI=1S/C17H25N3O2/c1-22-16-7-3-2-6-14(16)15(20-8-4-5-9-20)12-19-17(21)13-10-18-11-13/h2-3,6-7,13,15,18H,4-5,8-12H2,1H3,(H,19,21). The van der Waals surface area contributed by atoms with Gasteiger partial charge in [-0.05, 0) is 32.0 Å². The summed E-state index contributed by atoms with van der Waals surface area (Å²) in [6.07, 6.45) is 2.46. The first-order valence-corrected chi connectivity index (χ1v) is 8.15. The van der Waals surface area contributed by atoms with Gasteiger partial charge in [0.25, 0.3) is 0 Å². The maximum Gasteiger partial charge on any atom is 0.225 e. The van der Waals surface area contributed by atoms with Gasteiger partial charge in [-0.2, -0.15) is 0 Å². The molecule has 1 unspecified atom stereocenters. The summed E-state index contributed by atoms with van der Waals surface area (Å²) in [6.45, 7) is 4.42. The van der Waals surface area contributed by atoms with Gasteiger partial charge in [0, 0.05) is 25.2 Å². The van der Waals surface area contributed by atoms with Gasteiger partial charge in [-0.15, -0.1) is 0 Å². The molecule has 2 heterocycles. The van der Waals surface area contributed by atoms with Crippen molar-refractivity contribution in [1.82, 2.24) is 15.5 Å². The van der Waals surface area contributed by atoms with Gasteiger partial charge in [-0.25, -0.2) is 0 Å². The van der Waals surface area contributed by atoms with Crippen LogP contribution in [0, 0.1) is 5.92 Å². The predicted molar refractivity (Wildman–Crippen MR) is 85.9 cm³/mol. The van der Waals surface area contributed by atoms with E-state index in [1.807, 2.05) is 18.2 Å². The minimum absolute atomic E-state index is 0.136. The average Bonchev–Trinajstić information content (AvgIpc) is 3.00. The van der Waals surface area contributed by atoms with Gasteiger partial charge in [-0.1, -0.05) is 18.2 Å². The zero-order valence-corrected chi connectivity index (χ0v) is 13.2. The second kappa shape index (κ2) is 7.11. The van der Waals surface area contributed by atoms with E-state index in [0.29, 0.717) is 6.54 Å². The molecular formula is C17H25N3O2. The molecule has 1 amide bonds. The second-order valence-corrected chi connectivity index (χ2v) is 6.10. The molecule has 0 aliphatic carbocycles. The highest BCUT2D eigenvalue weighted by atomic mass is 16.5. The Morgan fingerprint density at radius 2 is 2.09 bits per heavy atom. The van der Waals surface area contributed by atoms with Crippen LogP contribution in [0.2, 0.25) is 0 Å². The van der Waals surface area contributed by atoms with Crippen LogP contribution in [-0.4, -0.2) is 50.6 Å². The largest absolute Gasteiger partial charge is 0.496 e. The number of hydrogen-bond donors (Lipinski definition) is 2. The van der Waals surface area contributed by atoms with Crippen LogP contribution in [0.4, 0.5) is 0 Å². The fourth-order valence-corrected chi connectivity index (χ4v) is 3.25. The number of nitrogens with one attached hydrogen (secondary N) is 2. The average molecular weight is 303 g/mol. The zero-order chi connectivity index (χ0) is 15.4. The molecule has 1 aromatic rings. The Bertz CT molecular complexity index is 510. The molecule has 1 aromatic carbocycles. The topological polar surface area (TPSA) is 53.6 Å². The van der Waals surface area contributed by atoms with Gasteiger partial charge in [0.1, 0.15) is 5.75 Å². The van der Waals surface area contributed by atoms with Gasteiger partial charge >= 0.3 is 0 Å². The third kappa shape index (κ3) is 3.25. The molecule has 5 heteroatoms. The molecule has 2 aliphatic rings. The van der Waals surface area contributed by atoms with E-state index in [1.54, 1.807) is 7.11 Å². The van der Waals surface area contributed by atoms with Crippen molar-refractivity contribution in [2.45, 2.75) is 18.9 Å². The molecule has 5 nitrogen and oxygen atoms in total. The highest BCUT2D eigenvalue weighted by Gasteiger charge is 2.29. The number of nitrogens with zero attached hydrogens (tertiary/aromatic N) is 1. The fraction of sp³-hybridized carbons (Fsp3) is 0.588. The minimum Gasteiger partial charge on any atom is -0.496 e. The van der Waals surface area contributed by atoms with Crippen LogP contribution in [-0.2, 0) is 4.79 Å². The van der Waals surface area contributed by atoms with Crippen molar-refractivity contribution < 1.29 is 9.53 Å². The van der Waals surface area contributed by atoms with Crippen molar-refractivity contribution >= 4 is 5.91 Å². The van der Waals surface area contributed by atoms with Gasteiger partial charge < -0.3 is 15.4 Å². The summed E-state index contributed by atoms with van der Waals surface area (Å²) in [5, 5.41) is 6.28. The van der Waals surface area contributed by atoms with Crippen molar-refractivity contribution in [3.05, 3.63) is 29.8 Å². The van der Waals surface area contributed by atoms with E-state index in [1.165, 1.54) is 18.4 Å². The predicted octanol–water partition coefficient (Wildman–Crippen LogP) is 1.17. The van der Waals surface area contributed by atoms with Crippen molar-refractivity contribution in [2.75, 3.05) is 39.8 Å². The lowest BCUT2D eigenvalue weighted by Crippen LogP contribution is -2.51. The summed E-state index contributed by atoms with van der Waals surface area (Å²) in [4.78, 5) is 14.6. The van der Waals surface area contributed by atoms with Crippen molar-refractivity contribution in [3.8, 4) is 5.75 Å². The SMILES string of the molecule is COc1ccccc1C(CNC(=O)C1CNC1)N1CCCC1. The number of benzene rings is 1. The van der Waals surface area contributed by atoms with Gasteiger partial charge in [-0.3, -0.25) is 9.69 Å². The molecule has 0 radical (unpaired) electrons. The summed E-state index contributed by atoms with van der Waals surface area (Å²) in [7, 11) is 1.71. The highest BCUT2D eigenvalue weighted by molar-refractivity contribution is 5.80. The molecule has 2 saturated heterocycles. The normalized spacial score (nSPS) is 20.4. The molecule has 0 spiro atoms. The number of carbonyl (C=O) groups excluding carboxylic acids is 1. The van der Waals surface area contributed by atoms with E-state index >= 15 is 0 Å². The molecule has 1 atom stereocenters. The molecule has 3 rings (SSSR count). The van der Waals surface area contributed by atoms with E-state index in [4.69, 9.17) is 4.74 Å². The number of hydrogen-bond acceptors (Lipinski definition) is 4. The van der Waals surface area contributed by atoms with Crippen LogP contribution in [0.25, 0.3) is 0 Å². The van der Waals surface area contributed by atoms with Gasteiger partial charge in [0.15, 0.2) is 0 Å². The molecular weight excluding hydrogens is 278 g/mol. The Morgan fingerprint density at radius 3 is 2.73 bits per heavy atom. The van der Waals surface area contributed by atoms with Gasteiger partial charge in [0.05, 0.1) is 19.1 Å². The van der Waals surface area contributed by atoms with E-state index in [0.717, 1.165) is 31.9 Å². The number of likely N-dealkylation sites (tertiary alicyclic amines) is 1. The minimum atomic E-state index is 0.136. The first kappa shape index (κ1) is 15.3. The smallest absolute Gasteiger partial charge is 0.225 e. The third-order valence-corrected chi connectivity index (χ3v) is 4.70. The van der Waals surface area contributed by atoms with E-state index in [9.17, 15) is 4.79 Å². The van der Waals surface area contributed by atoms with Crippen LogP contribution >= 0.6 is 0 Å². The number of para-hydroxylation sites is 1. The molecule has 22 heavy (non-hydrogen) atoms. The summed E-state index contributed by atoms with van der Waals surface area (Å²) < 4.78 is 5.52. The summed E-state index contributed by atoms with van der Waals surface area (Å²) in [6, 6.07) is 8.32. The highest BCUT2D eigenvalue weighted by Crippen LogP contribution is 2.31. The fourth-order valence-electron chi connectivity index (χ4n) is 3.25. The number of ether oxygens (including phenoxy) is 1. The Morgan fingerprint density at radius 1 is 1.36 bits per heavy atom. The van der Waals surface area contributed by atoms with Crippen LogP contribution in [0.3, 0.4) is 0 Å². The Labute approximate surface area is 132 Å². The van der Waals surface area contributed by atoms with Crippen LogP contribution < -0.4 is 15.4 Å². The second-order valence-electron chi connectivity index (χ2n) is 6.10. The Kier molecular flexibility index (Phi) is 4.95. The summed E-state index contributed by atoms with van der Waals surface area (Å²) in [5.74, 6) is 1.20. The zero-order valence-electron chi connectivity index (χ0n) is 13.2. The molecule has 0 saturated carbocycles. The maximum atomic E-state index is 12.1. The van der Waals surface area contributed by atoms with Crippen molar-refractivity contribution in [1.29, 1.82) is 0 Å². The van der Waals surface area contributed by atoms with Gasteiger partial charge in [0.2, 0.25) is 5.91 Å². The van der Waals surface area contributed by atoms with Crippen LogP contribution in [0.5, 0.6) is 5.75 Å². The molecule has 2 N–H and O–H groups in total. The van der Waals surface area contributed by atoms with Crippen LogP contribution in [0.15, 0.2) is 24.3 Å². The molecule has 0 aromatic heterocycles. The van der Waals surface area contributed by atoms with Crippen molar-refractivity contribution in [2.24, 2.45) is 5.92 Å². The number of carbonyl (C=O) groups is 1. The quantitative estimate of drug-likeness (QED) is 0.828. The molecule has 2 fully saturated rings. The summed E-state index contributed by atoms with van der Waals surface area (Å²) >= 11 is 0. The Hall–Kier alpha value is -1.59. The first-order valence-electron chi connectivity index (χ1n) is 8.15. The number of amides is 1. The monoisotopic (exact) mass is 303 g/mol. The lowest BCUT2D eigenvalue weighted by atomic mass is 10.0. The lowest BCUT2D eigenvalue weighted by molar-refractivity contribution is -0.126. The van der Waals surface area contributed by atoms with E-state index in [2.05, 4.69) is 21.6 Å². The van der Waals surface area contributed by atoms with Crippen LogP contribution in [0.1, 0.15) is 24.4 Å². The first-order chi connectivity index (χ1) is 10.8. The van der Waals surface area contributed by atoms with Crippen molar-refractivity contribution in [3.63, 3.8) is 0 Å². The maximum absolute atomic E-state index is 12.1. The molecule has 0 bridgehead atoms. The number of rotatable bonds is 6. The summed E-state index contributed by atoms with van der Waals surface area (Å²) in [5.41, 5.74) is 1.17. The molecule has 2 aliphatic heterocycles. The van der Waals surface area contributed by atoms with E-state index < -0.39 is 0 Å². The number of methoxy groups -OCH3 is 1. The third-order valence-electron chi connectivity index (χ3n) is 4.70. The molecule has 120 valence electrons. The Balaban J connectivity index is 1.72. The lowest BCUT2D eigenvalue weighted by Gasteiger charge is -2.31.